The van der Waals surface area contributed by atoms with Crippen molar-refractivity contribution >= 4 is 16.9 Å². The summed E-state index contributed by atoms with van der Waals surface area (Å²) in [6, 6.07) is 3.02. The highest BCUT2D eigenvalue weighted by atomic mass is 16.3. The summed E-state index contributed by atoms with van der Waals surface area (Å²) in [4.78, 5) is 14.1. The van der Waals surface area contributed by atoms with Crippen molar-refractivity contribution < 1.29 is 10.2 Å². The Morgan fingerprint density at radius 3 is 2.67 bits per heavy atom. The number of aromatic nitrogens is 3. The number of anilines is 1. The predicted octanol–water partition coefficient (Wildman–Crippen LogP) is 2.21. The van der Waals surface area contributed by atoms with Crippen molar-refractivity contribution in [1.29, 1.82) is 0 Å². The fourth-order valence-corrected chi connectivity index (χ4v) is 4.14. The van der Waals surface area contributed by atoms with Gasteiger partial charge in [0.25, 0.3) is 0 Å². The number of H-pyrrole nitrogens is 1. The van der Waals surface area contributed by atoms with E-state index in [1.54, 1.807) is 6.33 Å². The molecule has 2 aromatic heterocycles. The fourth-order valence-electron chi connectivity index (χ4n) is 4.14. The summed E-state index contributed by atoms with van der Waals surface area (Å²) in [7, 11) is 0. The first-order valence-corrected chi connectivity index (χ1v) is 10.3. The molecule has 7 heteroatoms. The van der Waals surface area contributed by atoms with Crippen LogP contribution in [0.3, 0.4) is 0 Å². The number of nitrogens with one attached hydrogen (secondary N) is 2. The van der Waals surface area contributed by atoms with Crippen LogP contribution in [0.1, 0.15) is 51.4 Å². The van der Waals surface area contributed by atoms with Crippen LogP contribution in [-0.4, -0.2) is 63.6 Å². The fraction of sp³-hybridized carbons (Fsp3) is 0.700. The third kappa shape index (κ3) is 5.40. The molecule has 0 saturated carbocycles. The molecule has 27 heavy (non-hydrogen) atoms. The molecule has 2 fully saturated rings. The Bertz CT molecular complexity index is 666. The van der Waals surface area contributed by atoms with E-state index in [1.165, 1.54) is 32.1 Å². The second-order valence-electron chi connectivity index (χ2n) is 7.45. The molecule has 2 aliphatic heterocycles. The summed E-state index contributed by atoms with van der Waals surface area (Å²) >= 11 is 0. The van der Waals surface area contributed by atoms with Gasteiger partial charge in [0, 0.05) is 38.0 Å². The van der Waals surface area contributed by atoms with E-state index in [2.05, 4.69) is 25.2 Å². The van der Waals surface area contributed by atoms with Crippen molar-refractivity contribution in [3.05, 3.63) is 18.6 Å². The van der Waals surface area contributed by atoms with Gasteiger partial charge in [-0.25, -0.2) is 9.97 Å². The van der Waals surface area contributed by atoms with Crippen LogP contribution in [0.5, 0.6) is 0 Å². The van der Waals surface area contributed by atoms with Crippen molar-refractivity contribution in [2.45, 2.75) is 63.5 Å². The Kier molecular flexibility index (Phi) is 7.86. The minimum atomic E-state index is 0.239. The van der Waals surface area contributed by atoms with Crippen LogP contribution in [0.15, 0.2) is 18.6 Å². The Morgan fingerprint density at radius 2 is 1.89 bits per heavy atom. The third-order valence-corrected chi connectivity index (χ3v) is 5.58. The number of fused-ring (bicyclic) bond motifs is 1. The topological polar surface area (TPSA) is 97.3 Å². The van der Waals surface area contributed by atoms with Crippen molar-refractivity contribution in [3.63, 3.8) is 0 Å². The van der Waals surface area contributed by atoms with E-state index in [0.717, 1.165) is 49.2 Å². The first-order chi connectivity index (χ1) is 13.3. The van der Waals surface area contributed by atoms with Crippen molar-refractivity contribution in [2.75, 3.05) is 31.2 Å². The first-order valence-electron chi connectivity index (χ1n) is 10.3. The van der Waals surface area contributed by atoms with E-state index < -0.39 is 0 Å². The lowest BCUT2D eigenvalue weighted by Crippen LogP contribution is -2.40. The number of piperidine rings is 2. The monoisotopic (exact) mass is 375 g/mol. The zero-order valence-corrected chi connectivity index (χ0v) is 16.1. The molecule has 4 N–H and O–H groups in total. The molecule has 150 valence electrons. The Balaban J connectivity index is 0.000000197. The molecule has 2 saturated heterocycles. The molecule has 4 rings (SSSR count). The van der Waals surface area contributed by atoms with E-state index in [4.69, 9.17) is 5.11 Å². The van der Waals surface area contributed by atoms with Crippen molar-refractivity contribution in [1.82, 2.24) is 20.3 Å². The largest absolute Gasteiger partial charge is 0.396 e. The van der Waals surface area contributed by atoms with Gasteiger partial charge in [-0.2, -0.15) is 0 Å². The van der Waals surface area contributed by atoms with Gasteiger partial charge in [0.05, 0.1) is 5.39 Å². The molecule has 0 aromatic carbocycles. The minimum absolute atomic E-state index is 0.239. The molecule has 0 amide bonds. The maximum absolute atomic E-state index is 9.19. The highest BCUT2D eigenvalue weighted by Gasteiger charge is 2.24. The lowest BCUT2D eigenvalue weighted by atomic mass is 9.99. The summed E-state index contributed by atoms with van der Waals surface area (Å²) in [5.74, 6) is 0.999. The lowest BCUT2D eigenvalue weighted by Gasteiger charge is -2.36. The Hall–Kier alpha value is -1.70. The van der Waals surface area contributed by atoms with E-state index in [-0.39, 0.29) is 6.61 Å². The Morgan fingerprint density at radius 1 is 1.04 bits per heavy atom. The summed E-state index contributed by atoms with van der Waals surface area (Å²) in [6.45, 7) is 2.73. The van der Waals surface area contributed by atoms with Gasteiger partial charge in [0.1, 0.15) is 17.8 Å². The second kappa shape index (κ2) is 10.6. The maximum Gasteiger partial charge on any atom is 0.142 e. The average molecular weight is 376 g/mol. The number of aromatic amines is 1. The smallest absolute Gasteiger partial charge is 0.142 e. The van der Waals surface area contributed by atoms with Crippen molar-refractivity contribution in [3.8, 4) is 0 Å². The standard InChI is InChI=1S/C13H18N4O.C7H15NO/c18-8-5-10-3-1-2-7-17(10)13-11-4-6-14-12(11)15-9-16-13;9-6-4-7-3-1-2-5-8-7/h4,6,9-10,18H,1-3,5,7-8H2,(H,14,15,16);7-9H,1-6H2. The van der Waals surface area contributed by atoms with Crippen LogP contribution < -0.4 is 10.2 Å². The van der Waals surface area contributed by atoms with Crippen LogP contribution in [-0.2, 0) is 0 Å². The molecule has 0 spiro atoms. The molecule has 0 radical (unpaired) electrons. The number of aliphatic hydroxyl groups excluding tert-OH is 2. The quantitative estimate of drug-likeness (QED) is 0.640. The van der Waals surface area contributed by atoms with E-state index in [0.29, 0.717) is 18.7 Å². The molecular weight excluding hydrogens is 342 g/mol. The van der Waals surface area contributed by atoms with Crippen LogP contribution in [0.2, 0.25) is 0 Å². The normalized spacial score (nSPS) is 23.1. The minimum Gasteiger partial charge on any atom is -0.396 e. The van der Waals surface area contributed by atoms with Gasteiger partial charge in [-0.15, -0.1) is 0 Å². The zero-order valence-electron chi connectivity index (χ0n) is 16.1. The summed E-state index contributed by atoms with van der Waals surface area (Å²) < 4.78 is 0. The molecule has 0 aliphatic carbocycles. The molecule has 2 unspecified atom stereocenters. The highest BCUT2D eigenvalue weighted by Crippen LogP contribution is 2.29. The van der Waals surface area contributed by atoms with Crippen LogP contribution in [0.25, 0.3) is 11.0 Å². The predicted molar refractivity (Wildman–Crippen MR) is 108 cm³/mol. The summed E-state index contributed by atoms with van der Waals surface area (Å²) in [5, 5.41) is 22.2. The molecule has 2 aliphatic rings. The number of hydrogen-bond donors (Lipinski definition) is 4. The number of aliphatic hydroxyl groups is 2. The lowest BCUT2D eigenvalue weighted by molar-refractivity contribution is 0.250. The molecule has 4 heterocycles. The molecular formula is C20H33N5O2. The second-order valence-corrected chi connectivity index (χ2v) is 7.45. The number of hydrogen-bond acceptors (Lipinski definition) is 6. The molecule has 2 atom stereocenters. The van der Waals surface area contributed by atoms with Gasteiger partial charge >= 0.3 is 0 Å². The zero-order chi connectivity index (χ0) is 18.9. The summed E-state index contributed by atoms with van der Waals surface area (Å²) in [6.07, 6.45) is 12.7. The summed E-state index contributed by atoms with van der Waals surface area (Å²) in [5.41, 5.74) is 0.883. The highest BCUT2D eigenvalue weighted by molar-refractivity contribution is 5.87. The van der Waals surface area contributed by atoms with Crippen LogP contribution in [0, 0.1) is 0 Å². The van der Waals surface area contributed by atoms with Crippen molar-refractivity contribution in [2.24, 2.45) is 0 Å². The van der Waals surface area contributed by atoms with Gasteiger partial charge < -0.3 is 25.4 Å². The molecule has 2 aromatic rings. The molecule has 0 bridgehead atoms. The molecule has 7 nitrogen and oxygen atoms in total. The third-order valence-electron chi connectivity index (χ3n) is 5.58. The van der Waals surface area contributed by atoms with Gasteiger partial charge in [0.2, 0.25) is 0 Å². The van der Waals surface area contributed by atoms with Crippen LogP contribution >= 0.6 is 0 Å². The van der Waals surface area contributed by atoms with Gasteiger partial charge in [-0.05, 0) is 57.6 Å². The SMILES string of the molecule is OCCC1CCCCN1.OCCC1CCCCN1c1ncnc2[nH]ccc12. The van der Waals surface area contributed by atoms with Gasteiger partial charge in [-0.1, -0.05) is 6.42 Å². The first kappa shape index (κ1) is 20.0. The average Bonchev–Trinajstić information content (AvgIpc) is 3.19. The Labute approximate surface area is 161 Å². The van der Waals surface area contributed by atoms with Gasteiger partial charge in [0.15, 0.2) is 0 Å². The van der Waals surface area contributed by atoms with E-state index in [9.17, 15) is 5.11 Å². The van der Waals surface area contributed by atoms with Gasteiger partial charge in [-0.3, -0.25) is 0 Å². The van der Waals surface area contributed by atoms with E-state index in [1.807, 2.05) is 12.3 Å². The number of rotatable bonds is 5. The number of nitrogens with zero attached hydrogens (tertiary/aromatic N) is 3. The van der Waals surface area contributed by atoms with Crippen LogP contribution in [0.4, 0.5) is 5.82 Å². The van der Waals surface area contributed by atoms with E-state index >= 15 is 0 Å². The maximum atomic E-state index is 9.19.